The standard InChI is InChI=1S/C37H48FN3O8S/c38-31-12-6-9-25-21-40(23-30(25)31)36(45)49-28-18-32-33(42)20-37(35(44)39-50(46,47)29-15-16-29)19-26(37)10-5-3-1-2-4-8-24(34(43)41(32)22-28)13-14-27-11-7-17-48-27/h5-6,9-10,12,24,26-29,32H,1-4,7-8,11,13-23H2,(H,39,44)/b10-5-/t24-,26-,27?,28-,32+,37-/m1/s1. The summed E-state index contributed by atoms with van der Waals surface area (Å²) in [6, 6.07) is 3.80. The van der Waals surface area contributed by atoms with E-state index in [1.54, 1.807) is 17.0 Å². The van der Waals surface area contributed by atoms with Crippen molar-refractivity contribution < 1.29 is 41.5 Å². The Morgan fingerprint density at radius 3 is 2.64 bits per heavy atom. The quantitative estimate of drug-likeness (QED) is 0.393. The number of amides is 3. The number of carbonyl (C=O) groups is 4. The molecule has 7 rings (SSSR count). The van der Waals surface area contributed by atoms with E-state index in [0.717, 1.165) is 51.6 Å². The van der Waals surface area contributed by atoms with Gasteiger partial charge in [-0.2, -0.15) is 0 Å². The van der Waals surface area contributed by atoms with Gasteiger partial charge in [-0.1, -0.05) is 37.1 Å². The number of ketones is 1. The number of rotatable bonds is 7. The molecule has 1 aromatic rings. The predicted molar refractivity (Wildman–Crippen MR) is 180 cm³/mol. The summed E-state index contributed by atoms with van der Waals surface area (Å²) in [5.41, 5.74) is -0.0619. The number of benzene rings is 1. The maximum atomic E-state index is 14.4. The Balaban J connectivity index is 1.12. The van der Waals surface area contributed by atoms with Crippen LogP contribution in [0.2, 0.25) is 0 Å². The Morgan fingerprint density at radius 1 is 1.04 bits per heavy atom. The third-order valence-electron chi connectivity index (χ3n) is 11.6. The lowest BCUT2D eigenvalue weighted by molar-refractivity contribution is -0.142. The van der Waals surface area contributed by atoms with Crippen LogP contribution in [0, 0.1) is 23.1 Å². The number of nitrogens with one attached hydrogen (secondary N) is 1. The molecule has 0 radical (unpaired) electrons. The molecule has 0 bridgehead atoms. The van der Waals surface area contributed by atoms with Crippen molar-refractivity contribution in [1.29, 1.82) is 0 Å². The first kappa shape index (κ1) is 35.1. The van der Waals surface area contributed by atoms with Crippen molar-refractivity contribution in [2.75, 3.05) is 13.2 Å². The number of nitrogens with zero attached hydrogens (tertiary/aromatic N) is 2. The molecule has 4 heterocycles. The van der Waals surface area contributed by atoms with Crippen LogP contribution in [0.15, 0.2) is 30.4 Å². The maximum Gasteiger partial charge on any atom is 0.410 e. The summed E-state index contributed by atoms with van der Waals surface area (Å²) in [7, 11) is -3.83. The lowest BCUT2D eigenvalue weighted by Gasteiger charge is -2.29. The van der Waals surface area contributed by atoms with E-state index in [0.29, 0.717) is 43.2 Å². The molecular formula is C37H48FN3O8S. The topological polar surface area (TPSA) is 139 Å². The first-order chi connectivity index (χ1) is 24.0. The molecule has 13 heteroatoms. The summed E-state index contributed by atoms with van der Waals surface area (Å²) >= 11 is 0. The Hall–Kier alpha value is -3.32. The minimum Gasteiger partial charge on any atom is -0.444 e. The summed E-state index contributed by atoms with van der Waals surface area (Å²) in [5.74, 6) is -2.17. The van der Waals surface area contributed by atoms with Gasteiger partial charge in [-0.05, 0) is 81.8 Å². The van der Waals surface area contributed by atoms with Crippen LogP contribution < -0.4 is 4.72 Å². The molecular weight excluding hydrogens is 665 g/mol. The number of fused-ring (bicyclic) bond motifs is 3. The van der Waals surface area contributed by atoms with Crippen LogP contribution in [-0.4, -0.2) is 78.6 Å². The molecule has 6 aliphatic rings. The van der Waals surface area contributed by atoms with E-state index in [-0.39, 0.29) is 67.9 Å². The molecule has 0 aromatic heterocycles. The highest BCUT2D eigenvalue weighted by Gasteiger charge is 2.61. The van der Waals surface area contributed by atoms with Crippen LogP contribution in [0.4, 0.5) is 9.18 Å². The Bertz CT molecular complexity index is 1640. The highest BCUT2D eigenvalue weighted by atomic mass is 32.2. The zero-order valence-corrected chi connectivity index (χ0v) is 29.3. The summed E-state index contributed by atoms with van der Waals surface area (Å²) in [5, 5.41) is -0.585. The predicted octanol–water partition coefficient (Wildman–Crippen LogP) is 4.92. The summed E-state index contributed by atoms with van der Waals surface area (Å²) in [6.45, 7) is 1.02. The second-order valence-electron chi connectivity index (χ2n) is 15.2. The first-order valence-corrected chi connectivity index (χ1v) is 20.0. The van der Waals surface area contributed by atoms with Crippen LogP contribution in [0.25, 0.3) is 0 Å². The van der Waals surface area contributed by atoms with E-state index in [1.807, 2.05) is 12.2 Å². The lowest BCUT2D eigenvalue weighted by Crippen LogP contribution is -2.46. The maximum absolute atomic E-state index is 14.4. The number of ether oxygens (including phenoxy) is 2. The molecule has 1 unspecified atom stereocenters. The van der Waals surface area contributed by atoms with Gasteiger partial charge in [-0.3, -0.25) is 24.0 Å². The van der Waals surface area contributed by atoms with E-state index in [9.17, 15) is 32.0 Å². The fourth-order valence-electron chi connectivity index (χ4n) is 8.39. The smallest absolute Gasteiger partial charge is 0.410 e. The molecule has 11 nitrogen and oxygen atoms in total. The third kappa shape index (κ3) is 7.49. The minimum absolute atomic E-state index is 0.0329. The summed E-state index contributed by atoms with van der Waals surface area (Å²) in [4.78, 5) is 58.8. The van der Waals surface area contributed by atoms with Crippen molar-refractivity contribution in [3.8, 4) is 0 Å². The van der Waals surface area contributed by atoms with Crippen molar-refractivity contribution in [3.63, 3.8) is 0 Å². The van der Waals surface area contributed by atoms with Crippen LogP contribution in [0.5, 0.6) is 0 Å². The lowest BCUT2D eigenvalue weighted by atomic mass is 9.90. The summed E-state index contributed by atoms with van der Waals surface area (Å²) in [6.07, 6.45) is 11.4. The Morgan fingerprint density at radius 2 is 1.88 bits per heavy atom. The monoisotopic (exact) mass is 713 g/mol. The van der Waals surface area contributed by atoms with Gasteiger partial charge in [-0.25, -0.2) is 17.6 Å². The van der Waals surface area contributed by atoms with Crippen molar-refractivity contribution in [1.82, 2.24) is 14.5 Å². The molecule has 1 aromatic carbocycles. The SMILES string of the molecule is O=C1C[C@]2(C(=O)NS(=O)(=O)C3CC3)C[C@H]2/C=C\CCCCC[C@H](CCC2CCCO2)C(=O)N2C[C@H](OC(=O)N3Cc4cccc(F)c4C3)C[C@@H]12. The molecule has 2 saturated heterocycles. The fourth-order valence-corrected chi connectivity index (χ4v) is 9.77. The van der Waals surface area contributed by atoms with Crippen molar-refractivity contribution in [2.24, 2.45) is 17.3 Å². The van der Waals surface area contributed by atoms with E-state index < -0.39 is 44.8 Å². The second-order valence-corrected chi connectivity index (χ2v) is 17.2. The Kier molecular flexibility index (Phi) is 10.1. The number of sulfonamides is 1. The zero-order chi connectivity index (χ0) is 35.0. The normalized spacial score (nSPS) is 32.4. The van der Waals surface area contributed by atoms with Gasteiger partial charge in [0.1, 0.15) is 11.9 Å². The van der Waals surface area contributed by atoms with Gasteiger partial charge in [0.05, 0.1) is 35.9 Å². The van der Waals surface area contributed by atoms with Crippen molar-refractivity contribution in [3.05, 3.63) is 47.3 Å². The number of hydrogen-bond donors (Lipinski definition) is 1. The molecule has 4 fully saturated rings. The Labute approximate surface area is 293 Å². The van der Waals surface area contributed by atoms with Crippen LogP contribution in [0.3, 0.4) is 0 Å². The van der Waals surface area contributed by atoms with Crippen molar-refractivity contribution >= 4 is 33.7 Å². The average Bonchev–Trinajstić information content (AvgIpc) is 3.85. The van der Waals surface area contributed by atoms with Crippen LogP contribution in [0.1, 0.15) is 101 Å². The molecule has 3 amide bonds. The fraction of sp³-hybridized carbons (Fsp3) is 0.676. The van der Waals surface area contributed by atoms with Gasteiger partial charge in [0, 0.05) is 37.5 Å². The highest BCUT2D eigenvalue weighted by Crippen LogP contribution is 2.57. The van der Waals surface area contributed by atoms with Crippen LogP contribution >= 0.6 is 0 Å². The molecule has 6 atom stereocenters. The highest BCUT2D eigenvalue weighted by molar-refractivity contribution is 7.90. The van der Waals surface area contributed by atoms with Gasteiger partial charge in [0.15, 0.2) is 5.78 Å². The average molecular weight is 714 g/mol. The molecule has 2 aliphatic carbocycles. The number of hydrogen-bond acceptors (Lipinski definition) is 8. The molecule has 0 spiro atoms. The molecule has 272 valence electrons. The van der Waals surface area contributed by atoms with Gasteiger partial charge >= 0.3 is 6.09 Å². The van der Waals surface area contributed by atoms with E-state index >= 15 is 0 Å². The van der Waals surface area contributed by atoms with E-state index in [4.69, 9.17) is 9.47 Å². The first-order valence-electron chi connectivity index (χ1n) is 18.4. The van der Waals surface area contributed by atoms with Gasteiger partial charge in [-0.15, -0.1) is 0 Å². The zero-order valence-electron chi connectivity index (χ0n) is 28.5. The van der Waals surface area contributed by atoms with E-state index in [1.165, 1.54) is 11.0 Å². The second kappa shape index (κ2) is 14.4. The molecule has 2 saturated carbocycles. The van der Waals surface area contributed by atoms with E-state index in [2.05, 4.69) is 4.72 Å². The number of halogens is 1. The molecule has 50 heavy (non-hydrogen) atoms. The number of carbonyl (C=O) groups excluding carboxylic acids is 4. The van der Waals surface area contributed by atoms with Crippen molar-refractivity contribution in [2.45, 2.75) is 126 Å². The minimum atomic E-state index is -3.83. The van der Waals surface area contributed by atoms with Gasteiger partial charge in [0.2, 0.25) is 21.8 Å². The largest absolute Gasteiger partial charge is 0.444 e. The molecule has 4 aliphatic heterocycles. The van der Waals surface area contributed by atoms with Gasteiger partial charge < -0.3 is 14.4 Å². The van der Waals surface area contributed by atoms with Crippen LogP contribution in [-0.2, 0) is 47.0 Å². The number of Topliss-reactive ketones (excluding diaryl/α,β-unsaturated/α-hetero) is 1. The number of allylic oxidation sites excluding steroid dienone is 2. The third-order valence-corrected chi connectivity index (χ3v) is 13.5. The van der Waals surface area contributed by atoms with Gasteiger partial charge in [0.25, 0.3) is 0 Å². The molecule has 1 N–H and O–H groups in total. The summed E-state index contributed by atoms with van der Waals surface area (Å²) < 4.78 is 54.0.